The number of benzene rings is 1. The van der Waals surface area contributed by atoms with E-state index in [0.717, 1.165) is 27.5 Å². The number of hydrogen-bond donors (Lipinski definition) is 2. The smallest absolute Gasteiger partial charge is 0.315 e. The highest BCUT2D eigenvalue weighted by Gasteiger charge is 2.14. The number of nitrogens with one attached hydrogen (secondary N) is 2. The predicted molar refractivity (Wildman–Crippen MR) is 99.3 cm³/mol. The monoisotopic (exact) mass is 355 g/mol. The molecule has 3 rings (SSSR count). The number of thiazole rings is 1. The van der Waals surface area contributed by atoms with Crippen LogP contribution < -0.4 is 10.6 Å². The molecule has 0 bridgehead atoms. The van der Waals surface area contributed by atoms with Gasteiger partial charge in [0.1, 0.15) is 5.01 Å². The Bertz CT molecular complexity index is 855. The summed E-state index contributed by atoms with van der Waals surface area (Å²) in [6.07, 6.45) is 1.78. The first-order chi connectivity index (χ1) is 12.0. The van der Waals surface area contributed by atoms with Crippen LogP contribution in [-0.2, 0) is 13.6 Å². The summed E-state index contributed by atoms with van der Waals surface area (Å²) in [6, 6.07) is 9.68. The molecule has 2 heterocycles. The SMILES string of the molecule is Cc1c([C@H](C)NC(=O)NCc2nc(-c3ccccc3)cs2)cnn1C. The summed E-state index contributed by atoms with van der Waals surface area (Å²) in [5.74, 6) is 0. The molecule has 6 nitrogen and oxygen atoms in total. The Balaban J connectivity index is 1.54. The molecule has 0 saturated carbocycles. The van der Waals surface area contributed by atoms with Crippen LogP contribution in [0.4, 0.5) is 4.79 Å². The van der Waals surface area contributed by atoms with Crippen LogP contribution in [0, 0.1) is 6.92 Å². The Hall–Kier alpha value is -2.67. The molecule has 0 aliphatic carbocycles. The summed E-state index contributed by atoms with van der Waals surface area (Å²) >= 11 is 1.54. The predicted octanol–water partition coefficient (Wildman–Crippen LogP) is 3.41. The first-order valence-electron chi connectivity index (χ1n) is 8.07. The minimum Gasteiger partial charge on any atom is -0.332 e. The highest BCUT2D eigenvalue weighted by molar-refractivity contribution is 7.09. The molecule has 25 heavy (non-hydrogen) atoms. The van der Waals surface area contributed by atoms with Gasteiger partial charge in [-0.2, -0.15) is 5.10 Å². The van der Waals surface area contributed by atoms with Gasteiger partial charge in [-0.05, 0) is 13.8 Å². The van der Waals surface area contributed by atoms with Crippen LogP contribution >= 0.6 is 11.3 Å². The fraction of sp³-hybridized carbons (Fsp3) is 0.278. The van der Waals surface area contributed by atoms with Crippen LogP contribution in [0.1, 0.15) is 29.2 Å². The van der Waals surface area contributed by atoms with Crippen LogP contribution in [0.25, 0.3) is 11.3 Å². The summed E-state index contributed by atoms with van der Waals surface area (Å²) in [5, 5.41) is 12.9. The van der Waals surface area contributed by atoms with E-state index in [-0.39, 0.29) is 12.1 Å². The third-order valence-corrected chi connectivity index (χ3v) is 4.96. The first-order valence-corrected chi connectivity index (χ1v) is 8.95. The highest BCUT2D eigenvalue weighted by Crippen LogP contribution is 2.21. The van der Waals surface area contributed by atoms with Crippen molar-refractivity contribution in [2.24, 2.45) is 7.05 Å². The van der Waals surface area contributed by atoms with Crippen molar-refractivity contribution < 1.29 is 4.79 Å². The molecule has 2 N–H and O–H groups in total. The average molecular weight is 355 g/mol. The molecule has 7 heteroatoms. The van der Waals surface area contributed by atoms with E-state index in [2.05, 4.69) is 20.7 Å². The van der Waals surface area contributed by atoms with Gasteiger partial charge in [0.2, 0.25) is 0 Å². The number of aromatic nitrogens is 3. The number of nitrogens with zero attached hydrogens (tertiary/aromatic N) is 3. The number of amides is 2. The van der Waals surface area contributed by atoms with E-state index in [4.69, 9.17) is 0 Å². The van der Waals surface area contributed by atoms with Gasteiger partial charge in [0.25, 0.3) is 0 Å². The summed E-state index contributed by atoms with van der Waals surface area (Å²) in [7, 11) is 1.89. The molecule has 0 aliphatic rings. The molecule has 3 aromatic rings. The van der Waals surface area contributed by atoms with Gasteiger partial charge in [-0.3, -0.25) is 4.68 Å². The Morgan fingerprint density at radius 3 is 2.76 bits per heavy atom. The van der Waals surface area contributed by atoms with Crippen molar-refractivity contribution in [1.29, 1.82) is 0 Å². The third kappa shape index (κ3) is 4.06. The second kappa shape index (κ2) is 7.48. The summed E-state index contributed by atoms with van der Waals surface area (Å²) in [5.41, 5.74) is 4.07. The fourth-order valence-corrected chi connectivity index (χ4v) is 3.30. The lowest BCUT2D eigenvalue weighted by Gasteiger charge is -2.14. The lowest BCUT2D eigenvalue weighted by Crippen LogP contribution is -2.36. The number of carbonyl (C=O) groups is 1. The average Bonchev–Trinajstić information content (AvgIpc) is 3.21. The van der Waals surface area contributed by atoms with Gasteiger partial charge < -0.3 is 10.6 Å². The minimum absolute atomic E-state index is 0.107. The molecule has 0 fully saturated rings. The number of urea groups is 1. The Labute approximate surface area is 150 Å². The molecule has 2 amide bonds. The number of aryl methyl sites for hydroxylation is 1. The van der Waals surface area contributed by atoms with Crippen molar-refractivity contribution in [1.82, 2.24) is 25.4 Å². The van der Waals surface area contributed by atoms with E-state index in [1.54, 1.807) is 22.2 Å². The zero-order valence-corrected chi connectivity index (χ0v) is 15.3. The van der Waals surface area contributed by atoms with E-state index >= 15 is 0 Å². The van der Waals surface area contributed by atoms with Crippen LogP contribution in [0.15, 0.2) is 41.9 Å². The molecule has 0 aliphatic heterocycles. The van der Waals surface area contributed by atoms with E-state index < -0.39 is 0 Å². The number of carbonyl (C=O) groups excluding carboxylic acids is 1. The molecular formula is C18H21N5OS. The van der Waals surface area contributed by atoms with E-state index in [9.17, 15) is 4.79 Å². The summed E-state index contributed by atoms with van der Waals surface area (Å²) < 4.78 is 1.80. The minimum atomic E-state index is -0.216. The van der Waals surface area contributed by atoms with Gasteiger partial charge in [-0.25, -0.2) is 9.78 Å². The first kappa shape index (κ1) is 17.2. The highest BCUT2D eigenvalue weighted by atomic mass is 32.1. The second-order valence-electron chi connectivity index (χ2n) is 5.85. The Morgan fingerprint density at radius 1 is 1.32 bits per heavy atom. The molecule has 130 valence electrons. The van der Waals surface area contributed by atoms with E-state index in [0.29, 0.717) is 6.54 Å². The quantitative estimate of drug-likeness (QED) is 0.737. The Morgan fingerprint density at radius 2 is 2.08 bits per heavy atom. The zero-order chi connectivity index (χ0) is 17.8. The van der Waals surface area contributed by atoms with Gasteiger partial charge in [-0.1, -0.05) is 30.3 Å². The Kier molecular flexibility index (Phi) is 5.14. The lowest BCUT2D eigenvalue weighted by molar-refractivity contribution is 0.237. The van der Waals surface area contributed by atoms with Gasteiger partial charge >= 0.3 is 6.03 Å². The maximum atomic E-state index is 12.1. The summed E-state index contributed by atoms with van der Waals surface area (Å²) in [4.78, 5) is 16.7. The molecule has 2 aromatic heterocycles. The number of rotatable bonds is 5. The van der Waals surface area contributed by atoms with Crippen LogP contribution in [0.3, 0.4) is 0 Å². The van der Waals surface area contributed by atoms with Gasteiger partial charge in [0.15, 0.2) is 0 Å². The van der Waals surface area contributed by atoms with Crippen molar-refractivity contribution in [2.45, 2.75) is 26.4 Å². The van der Waals surface area contributed by atoms with E-state index in [1.807, 2.05) is 56.6 Å². The van der Waals surface area contributed by atoms with Crippen molar-refractivity contribution in [2.75, 3.05) is 0 Å². The van der Waals surface area contributed by atoms with Crippen molar-refractivity contribution in [3.05, 3.63) is 58.2 Å². The van der Waals surface area contributed by atoms with Crippen LogP contribution in [0.5, 0.6) is 0 Å². The topological polar surface area (TPSA) is 71.8 Å². The maximum Gasteiger partial charge on any atom is 0.315 e. The molecule has 1 aromatic carbocycles. The van der Waals surface area contributed by atoms with Gasteiger partial charge in [0, 0.05) is 29.2 Å². The van der Waals surface area contributed by atoms with Crippen LogP contribution in [0.2, 0.25) is 0 Å². The summed E-state index contributed by atoms with van der Waals surface area (Å²) in [6.45, 7) is 4.33. The molecule has 0 unspecified atom stereocenters. The molecule has 1 atom stereocenters. The van der Waals surface area contributed by atoms with Gasteiger partial charge in [0.05, 0.1) is 24.5 Å². The fourth-order valence-electron chi connectivity index (χ4n) is 2.56. The zero-order valence-electron chi connectivity index (χ0n) is 14.5. The van der Waals surface area contributed by atoms with Crippen molar-refractivity contribution in [3.8, 4) is 11.3 Å². The largest absolute Gasteiger partial charge is 0.332 e. The normalized spacial score (nSPS) is 12.0. The molecule has 0 radical (unpaired) electrons. The maximum absolute atomic E-state index is 12.1. The van der Waals surface area contributed by atoms with Gasteiger partial charge in [-0.15, -0.1) is 11.3 Å². The second-order valence-corrected chi connectivity index (χ2v) is 6.79. The molecule has 0 spiro atoms. The third-order valence-electron chi connectivity index (χ3n) is 4.11. The van der Waals surface area contributed by atoms with Crippen molar-refractivity contribution >= 4 is 17.4 Å². The molecule has 0 saturated heterocycles. The van der Waals surface area contributed by atoms with E-state index in [1.165, 1.54) is 0 Å². The number of hydrogen-bond acceptors (Lipinski definition) is 4. The lowest BCUT2D eigenvalue weighted by atomic mass is 10.1. The standard InChI is InChI=1S/C18H21N5OS/c1-12(15-9-20-23(3)13(15)2)21-18(24)19-10-17-22-16(11-25-17)14-7-5-4-6-8-14/h4-9,11-12H,10H2,1-3H3,(H2,19,21,24)/t12-/m0/s1. The van der Waals surface area contributed by atoms with Crippen molar-refractivity contribution in [3.63, 3.8) is 0 Å². The van der Waals surface area contributed by atoms with Crippen LogP contribution in [-0.4, -0.2) is 20.8 Å². The molecular weight excluding hydrogens is 334 g/mol.